The van der Waals surface area contributed by atoms with Gasteiger partial charge in [-0.05, 0) is 69.2 Å². The molecular formula is C17H25NO4S. The Kier molecular flexibility index (Phi) is 5.56. The molecule has 0 amide bonds. The summed E-state index contributed by atoms with van der Waals surface area (Å²) in [5.74, 6) is 0.746. The van der Waals surface area contributed by atoms with E-state index >= 15 is 0 Å². The van der Waals surface area contributed by atoms with Crippen LogP contribution in [0.3, 0.4) is 0 Å². The van der Waals surface area contributed by atoms with Crippen molar-refractivity contribution in [1.29, 1.82) is 0 Å². The zero-order valence-electron chi connectivity index (χ0n) is 13.4. The summed E-state index contributed by atoms with van der Waals surface area (Å²) in [4.78, 5) is 0.281. The van der Waals surface area contributed by atoms with Crippen molar-refractivity contribution >= 4 is 10.0 Å². The van der Waals surface area contributed by atoms with Gasteiger partial charge in [-0.25, -0.2) is 13.1 Å². The molecule has 1 aliphatic carbocycles. The first kappa shape index (κ1) is 16.7. The third-order valence-electron chi connectivity index (χ3n) is 4.52. The van der Waals surface area contributed by atoms with Crippen LogP contribution in [0.25, 0.3) is 0 Å². The molecule has 1 N–H and O–H groups in total. The SMILES string of the molecule is O=S(=O)(NCCC1CCCO1)c1ccc(OC2CCCC2)cc1. The molecule has 2 aliphatic rings. The van der Waals surface area contributed by atoms with E-state index in [0.29, 0.717) is 6.54 Å². The predicted molar refractivity (Wildman–Crippen MR) is 88.1 cm³/mol. The van der Waals surface area contributed by atoms with E-state index in [2.05, 4.69) is 4.72 Å². The zero-order chi connectivity index (χ0) is 16.1. The second-order valence-electron chi connectivity index (χ2n) is 6.32. The highest BCUT2D eigenvalue weighted by molar-refractivity contribution is 7.89. The Morgan fingerprint density at radius 1 is 1.09 bits per heavy atom. The van der Waals surface area contributed by atoms with Gasteiger partial charge in [0.1, 0.15) is 5.75 Å². The molecule has 0 aromatic heterocycles. The van der Waals surface area contributed by atoms with Crippen LogP contribution in [0.4, 0.5) is 0 Å². The molecule has 1 unspecified atom stereocenters. The summed E-state index contributed by atoms with van der Waals surface area (Å²) in [5.41, 5.74) is 0. The lowest BCUT2D eigenvalue weighted by Crippen LogP contribution is -2.27. The van der Waals surface area contributed by atoms with Crippen LogP contribution in [-0.2, 0) is 14.8 Å². The van der Waals surface area contributed by atoms with Crippen molar-refractivity contribution in [3.05, 3.63) is 24.3 Å². The Morgan fingerprint density at radius 3 is 2.48 bits per heavy atom. The Hall–Kier alpha value is -1.11. The molecule has 3 rings (SSSR count). The molecule has 128 valence electrons. The van der Waals surface area contributed by atoms with E-state index in [4.69, 9.17) is 9.47 Å². The first-order valence-electron chi connectivity index (χ1n) is 8.51. The Labute approximate surface area is 138 Å². The molecule has 23 heavy (non-hydrogen) atoms. The van der Waals surface area contributed by atoms with Crippen LogP contribution in [0.15, 0.2) is 29.2 Å². The maximum Gasteiger partial charge on any atom is 0.240 e. The minimum absolute atomic E-state index is 0.194. The van der Waals surface area contributed by atoms with Crippen LogP contribution in [0, 0.1) is 0 Å². The summed E-state index contributed by atoms with van der Waals surface area (Å²) in [7, 11) is -3.46. The van der Waals surface area contributed by atoms with E-state index in [9.17, 15) is 8.42 Å². The highest BCUT2D eigenvalue weighted by atomic mass is 32.2. The maximum atomic E-state index is 12.3. The minimum atomic E-state index is -3.46. The molecule has 0 bridgehead atoms. The van der Waals surface area contributed by atoms with Gasteiger partial charge < -0.3 is 9.47 Å². The summed E-state index contributed by atoms with van der Waals surface area (Å²) in [5, 5.41) is 0. The van der Waals surface area contributed by atoms with Crippen molar-refractivity contribution in [1.82, 2.24) is 4.72 Å². The normalized spacial score (nSPS) is 22.5. The molecule has 0 spiro atoms. The molecule has 1 saturated heterocycles. The second kappa shape index (κ2) is 7.64. The number of rotatable bonds is 7. The largest absolute Gasteiger partial charge is 0.490 e. The van der Waals surface area contributed by atoms with Crippen molar-refractivity contribution in [2.24, 2.45) is 0 Å². The van der Waals surface area contributed by atoms with Crippen LogP contribution in [0.5, 0.6) is 5.75 Å². The molecule has 1 aromatic carbocycles. The van der Waals surface area contributed by atoms with Crippen molar-refractivity contribution < 1.29 is 17.9 Å². The van der Waals surface area contributed by atoms with Gasteiger partial charge in [-0.2, -0.15) is 0 Å². The molecule has 0 radical (unpaired) electrons. The monoisotopic (exact) mass is 339 g/mol. The lowest BCUT2D eigenvalue weighted by molar-refractivity contribution is 0.105. The smallest absolute Gasteiger partial charge is 0.240 e. The van der Waals surface area contributed by atoms with Gasteiger partial charge in [0.15, 0.2) is 0 Å². The second-order valence-corrected chi connectivity index (χ2v) is 8.08. The number of hydrogen-bond acceptors (Lipinski definition) is 4. The minimum Gasteiger partial charge on any atom is -0.490 e. The van der Waals surface area contributed by atoms with Crippen LogP contribution in [0.1, 0.15) is 44.9 Å². The molecule has 2 fully saturated rings. The lowest BCUT2D eigenvalue weighted by atomic mass is 10.2. The van der Waals surface area contributed by atoms with Gasteiger partial charge in [-0.3, -0.25) is 0 Å². The Balaban J connectivity index is 1.51. The number of nitrogens with one attached hydrogen (secondary N) is 1. The Bertz CT molecular complexity index is 588. The molecule has 1 aromatic rings. The van der Waals surface area contributed by atoms with Crippen LogP contribution >= 0.6 is 0 Å². The van der Waals surface area contributed by atoms with E-state index in [-0.39, 0.29) is 17.1 Å². The molecular weight excluding hydrogens is 314 g/mol. The fraction of sp³-hybridized carbons (Fsp3) is 0.647. The summed E-state index contributed by atoms with van der Waals surface area (Å²) < 4.78 is 38.5. The van der Waals surface area contributed by atoms with Crippen molar-refractivity contribution in [3.8, 4) is 5.75 Å². The third kappa shape index (κ3) is 4.68. The third-order valence-corrected chi connectivity index (χ3v) is 6.00. The van der Waals surface area contributed by atoms with E-state index < -0.39 is 10.0 Å². The van der Waals surface area contributed by atoms with Crippen molar-refractivity contribution in [2.75, 3.05) is 13.2 Å². The number of ether oxygens (including phenoxy) is 2. The van der Waals surface area contributed by atoms with Gasteiger partial charge in [0, 0.05) is 13.2 Å². The van der Waals surface area contributed by atoms with Gasteiger partial charge >= 0.3 is 0 Å². The molecule has 1 atom stereocenters. The van der Waals surface area contributed by atoms with Gasteiger partial charge in [0.05, 0.1) is 17.1 Å². The fourth-order valence-corrected chi connectivity index (χ4v) is 4.25. The van der Waals surface area contributed by atoms with Crippen molar-refractivity contribution in [3.63, 3.8) is 0 Å². The van der Waals surface area contributed by atoms with Gasteiger partial charge in [-0.1, -0.05) is 0 Å². The zero-order valence-corrected chi connectivity index (χ0v) is 14.2. The summed E-state index contributed by atoms with van der Waals surface area (Å²) >= 11 is 0. The average molecular weight is 339 g/mol. The quantitative estimate of drug-likeness (QED) is 0.829. The maximum absolute atomic E-state index is 12.3. The summed E-state index contributed by atoms with van der Waals surface area (Å²) in [6.45, 7) is 1.20. The van der Waals surface area contributed by atoms with Crippen LogP contribution < -0.4 is 9.46 Å². The van der Waals surface area contributed by atoms with Crippen LogP contribution in [0.2, 0.25) is 0 Å². The van der Waals surface area contributed by atoms with Crippen LogP contribution in [-0.4, -0.2) is 33.8 Å². The van der Waals surface area contributed by atoms with Gasteiger partial charge in [0.25, 0.3) is 0 Å². The van der Waals surface area contributed by atoms with E-state index in [0.717, 1.165) is 44.5 Å². The number of hydrogen-bond donors (Lipinski definition) is 1. The first-order valence-corrected chi connectivity index (χ1v) is 10.00. The average Bonchev–Trinajstić information content (AvgIpc) is 3.21. The number of benzene rings is 1. The molecule has 5 nitrogen and oxygen atoms in total. The highest BCUT2D eigenvalue weighted by Crippen LogP contribution is 2.25. The van der Waals surface area contributed by atoms with E-state index in [1.807, 2.05) is 0 Å². The molecule has 1 heterocycles. The summed E-state index contributed by atoms with van der Waals surface area (Å²) in [6, 6.07) is 6.71. The number of sulfonamides is 1. The Morgan fingerprint density at radius 2 is 1.83 bits per heavy atom. The molecule has 1 aliphatic heterocycles. The standard InChI is InChI=1S/C17H25NO4S/c19-23(20,18-12-11-14-6-3-13-21-14)17-9-7-16(8-10-17)22-15-4-1-2-5-15/h7-10,14-15,18H,1-6,11-13H2. The predicted octanol–water partition coefficient (Wildman–Crippen LogP) is 2.86. The lowest BCUT2D eigenvalue weighted by Gasteiger charge is -2.14. The van der Waals surface area contributed by atoms with E-state index in [1.165, 1.54) is 12.8 Å². The topological polar surface area (TPSA) is 64.6 Å². The molecule has 6 heteroatoms. The first-order chi connectivity index (χ1) is 11.1. The summed E-state index contributed by atoms with van der Waals surface area (Å²) in [6.07, 6.45) is 7.89. The van der Waals surface area contributed by atoms with Gasteiger partial charge in [0.2, 0.25) is 10.0 Å². The highest BCUT2D eigenvalue weighted by Gasteiger charge is 2.19. The van der Waals surface area contributed by atoms with E-state index in [1.54, 1.807) is 24.3 Å². The fourth-order valence-electron chi connectivity index (χ4n) is 3.21. The van der Waals surface area contributed by atoms with Gasteiger partial charge in [-0.15, -0.1) is 0 Å². The molecule has 1 saturated carbocycles. The van der Waals surface area contributed by atoms with Crippen molar-refractivity contribution in [2.45, 2.75) is 62.0 Å².